The summed E-state index contributed by atoms with van der Waals surface area (Å²) in [5.41, 5.74) is 0.359. The molecule has 0 radical (unpaired) electrons. The Balaban J connectivity index is 1.69. The SMILES string of the molecule is COc1ccc2sc(N(Cc3ccccn3)C(=O)C(C)(C)Oc3ccc(Cl)cc3)nc2c1. The van der Waals surface area contributed by atoms with Crippen molar-refractivity contribution in [2.24, 2.45) is 0 Å². The quantitative estimate of drug-likeness (QED) is 0.346. The molecule has 0 aliphatic carbocycles. The van der Waals surface area contributed by atoms with Gasteiger partial charge in [-0.05, 0) is 62.4 Å². The second kappa shape index (κ2) is 9.14. The Morgan fingerprint density at radius 1 is 1.09 bits per heavy atom. The fourth-order valence-corrected chi connectivity index (χ4v) is 4.25. The molecule has 2 heterocycles. The molecule has 8 heteroatoms. The molecule has 164 valence electrons. The van der Waals surface area contributed by atoms with Crippen molar-refractivity contribution in [3.8, 4) is 11.5 Å². The van der Waals surface area contributed by atoms with Crippen LogP contribution < -0.4 is 14.4 Å². The highest BCUT2D eigenvalue weighted by Gasteiger charge is 2.36. The average molecular weight is 468 g/mol. The molecule has 0 fully saturated rings. The van der Waals surface area contributed by atoms with Crippen LogP contribution in [0.1, 0.15) is 19.5 Å². The molecule has 0 spiro atoms. The highest BCUT2D eigenvalue weighted by molar-refractivity contribution is 7.22. The molecule has 0 bridgehead atoms. The van der Waals surface area contributed by atoms with Crippen LogP contribution in [0.25, 0.3) is 10.2 Å². The van der Waals surface area contributed by atoms with Crippen LogP contribution in [0.2, 0.25) is 5.02 Å². The highest BCUT2D eigenvalue weighted by atomic mass is 35.5. The van der Waals surface area contributed by atoms with E-state index in [-0.39, 0.29) is 12.5 Å². The first-order valence-electron chi connectivity index (χ1n) is 9.97. The molecular formula is C24H22ClN3O3S. The maximum atomic E-state index is 13.7. The van der Waals surface area contributed by atoms with E-state index in [0.29, 0.717) is 21.7 Å². The fraction of sp³-hybridized carbons (Fsp3) is 0.208. The van der Waals surface area contributed by atoms with Gasteiger partial charge in [0, 0.05) is 17.3 Å². The zero-order valence-electron chi connectivity index (χ0n) is 17.9. The van der Waals surface area contributed by atoms with Gasteiger partial charge >= 0.3 is 0 Å². The summed E-state index contributed by atoms with van der Waals surface area (Å²) < 4.78 is 12.3. The lowest BCUT2D eigenvalue weighted by Gasteiger charge is -2.31. The number of rotatable bonds is 7. The number of pyridine rings is 1. The molecule has 4 aromatic rings. The third-order valence-corrected chi connectivity index (χ3v) is 6.12. The molecule has 4 rings (SSSR count). The first-order valence-corrected chi connectivity index (χ1v) is 11.2. The van der Waals surface area contributed by atoms with Crippen LogP contribution in [-0.4, -0.2) is 28.6 Å². The van der Waals surface area contributed by atoms with Gasteiger partial charge in [-0.2, -0.15) is 0 Å². The Bertz CT molecular complexity index is 1230. The van der Waals surface area contributed by atoms with Crippen molar-refractivity contribution >= 4 is 44.2 Å². The Labute approximate surface area is 195 Å². The monoisotopic (exact) mass is 467 g/mol. The molecule has 6 nitrogen and oxygen atoms in total. The number of halogens is 1. The number of methoxy groups -OCH3 is 1. The second-order valence-electron chi connectivity index (χ2n) is 7.61. The third kappa shape index (κ3) is 4.84. The standard InChI is InChI=1S/C24H22ClN3O3S/c1-24(2,31-18-9-7-16(25)8-10-18)22(29)28(15-17-6-4-5-13-26-17)23-27-20-14-19(30-3)11-12-21(20)32-23/h4-14H,15H2,1-3H3. The van der Waals surface area contributed by atoms with Gasteiger partial charge in [-0.15, -0.1) is 0 Å². The Morgan fingerprint density at radius 2 is 1.84 bits per heavy atom. The first kappa shape index (κ1) is 22.0. The number of fused-ring (bicyclic) bond motifs is 1. The van der Waals surface area contributed by atoms with Crippen LogP contribution in [0.5, 0.6) is 11.5 Å². The van der Waals surface area contributed by atoms with Crippen LogP contribution in [0.4, 0.5) is 5.13 Å². The van der Waals surface area contributed by atoms with Crippen molar-refractivity contribution in [2.75, 3.05) is 12.0 Å². The van der Waals surface area contributed by atoms with E-state index >= 15 is 0 Å². The second-order valence-corrected chi connectivity index (χ2v) is 9.05. The zero-order chi connectivity index (χ0) is 22.7. The minimum absolute atomic E-state index is 0.232. The van der Waals surface area contributed by atoms with E-state index in [4.69, 9.17) is 26.1 Å². The van der Waals surface area contributed by atoms with E-state index in [2.05, 4.69) is 4.98 Å². The number of benzene rings is 2. The normalized spacial score (nSPS) is 11.4. The number of anilines is 1. The van der Waals surface area contributed by atoms with Crippen molar-refractivity contribution in [3.05, 3.63) is 77.6 Å². The van der Waals surface area contributed by atoms with Crippen molar-refractivity contribution in [1.82, 2.24) is 9.97 Å². The number of aromatic nitrogens is 2. The maximum absolute atomic E-state index is 13.7. The van der Waals surface area contributed by atoms with E-state index in [1.54, 1.807) is 56.3 Å². The predicted molar refractivity (Wildman–Crippen MR) is 128 cm³/mol. The van der Waals surface area contributed by atoms with Gasteiger partial charge in [-0.25, -0.2) is 4.98 Å². The number of hydrogen-bond donors (Lipinski definition) is 0. The minimum atomic E-state index is -1.15. The van der Waals surface area contributed by atoms with Crippen LogP contribution in [0.15, 0.2) is 66.9 Å². The molecule has 0 aliphatic rings. The Hall–Kier alpha value is -3.16. The van der Waals surface area contributed by atoms with E-state index in [1.165, 1.54) is 11.3 Å². The molecule has 32 heavy (non-hydrogen) atoms. The number of thiazole rings is 1. The summed E-state index contributed by atoms with van der Waals surface area (Å²) in [5, 5.41) is 1.17. The lowest BCUT2D eigenvalue weighted by molar-refractivity contribution is -0.131. The zero-order valence-corrected chi connectivity index (χ0v) is 19.5. The van der Waals surface area contributed by atoms with Gasteiger partial charge in [-0.1, -0.05) is 29.0 Å². The van der Waals surface area contributed by atoms with Crippen LogP contribution >= 0.6 is 22.9 Å². The summed E-state index contributed by atoms with van der Waals surface area (Å²) >= 11 is 7.41. The summed E-state index contributed by atoms with van der Waals surface area (Å²) in [5.74, 6) is 1.03. The topological polar surface area (TPSA) is 64.5 Å². The summed E-state index contributed by atoms with van der Waals surface area (Å²) in [6.45, 7) is 3.75. The van der Waals surface area contributed by atoms with E-state index < -0.39 is 5.60 Å². The molecule has 0 atom stereocenters. The molecule has 0 aliphatic heterocycles. The number of carbonyl (C=O) groups is 1. The molecule has 0 saturated heterocycles. The molecule has 2 aromatic heterocycles. The number of ether oxygens (including phenoxy) is 2. The van der Waals surface area contributed by atoms with Crippen LogP contribution in [-0.2, 0) is 11.3 Å². The first-order chi connectivity index (χ1) is 15.4. The van der Waals surface area contributed by atoms with Gasteiger partial charge in [0.1, 0.15) is 11.5 Å². The summed E-state index contributed by atoms with van der Waals surface area (Å²) in [7, 11) is 1.61. The maximum Gasteiger partial charge on any atom is 0.272 e. The van der Waals surface area contributed by atoms with Crippen LogP contribution in [0, 0.1) is 0 Å². The number of amides is 1. The van der Waals surface area contributed by atoms with Crippen LogP contribution in [0.3, 0.4) is 0 Å². The molecular weight excluding hydrogens is 446 g/mol. The van der Waals surface area contributed by atoms with Gasteiger partial charge in [0.25, 0.3) is 5.91 Å². The minimum Gasteiger partial charge on any atom is -0.497 e. The number of carbonyl (C=O) groups excluding carboxylic acids is 1. The molecule has 0 unspecified atom stereocenters. The van der Waals surface area contributed by atoms with Gasteiger partial charge < -0.3 is 9.47 Å². The molecule has 0 N–H and O–H groups in total. The molecule has 2 aromatic carbocycles. The average Bonchev–Trinajstić information content (AvgIpc) is 3.22. The van der Waals surface area contributed by atoms with Gasteiger partial charge in [0.15, 0.2) is 10.7 Å². The molecule has 1 amide bonds. The van der Waals surface area contributed by atoms with Gasteiger partial charge in [-0.3, -0.25) is 14.7 Å². The predicted octanol–water partition coefficient (Wildman–Crippen LogP) is 5.74. The summed E-state index contributed by atoms with van der Waals surface area (Å²) in [4.78, 5) is 24.5. The third-order valence-electron chi connectivity index (χ3n) is 4.81. The van der Waals surface area contributed by atoms with Gasteiger partial charge in [0.05, 0.1) is 29.6 Å². The van der Waals surface area contributed by atoms with E-state index in [0.717, 1.165) is 15.9 Å². The lowest BCUT2D eigenvalue weighted by Crippen LogP contribution is -2.49. The van der Waals surface area contributed by atoms with E-state index in [1.807, 2.05) is 36.4 Å². The number of hydrogen-bond acceptors (Lipinski definition) is 6. The largest absolute Gasteiger partial charge is 0.497 e. The smallest absolute Gasteiger partial charge is 0.272 e. The van der Waals surface area contributed by atoms with Crippen molar-refractivity contribution in [3.63, 3.8) is 0 Å². The number of nitrogens with zero attached hydrogens (tertiary/aromatic N) is 3. The van der Waals surface area contributed by atoms with Gasteiger partial charge in [0.2, 0.25) is 0 Å². The van der Waals surface area contributed by atoms with Crippen molar-refractivity contribution < 1.29 is 14.3 Å². The summed E-state index contributed by atoms with van der Waals surface area (Å²) in [6.07, 6.45) is 1.70. The molecule has 0 saturated carbocycles. The Morgan fingerprint density at radius 3 is 2.53 bits per heavy atom. The Kier molecular flexibility index (Phi) is 6.30. The summed E-state index contributed by atoms with van der Waals surface area (Å²) in [6, 6.07) is 18.2. The van der Waals surface area contributed by atoms with Crippen molar-refractivity contribution in [1.29, 1.82) is 0 Å². The highest BCUT2D eigenvalue weighted by Crippen LogP contribution is 2.34. The van der Waals surface area contributed by atoms with E-state index in [9.17, 15) is 4.79 Å². The van der Waals surface area contributed by atoms with Crippen molar-refractivity contribution in [2.45, 2.75) is 26.0 Å². The lowest BCUT2D eigenvalue weighted by atomic mass is 10.1. The fourth-order valence-electron chi connectivity index (χ4n) is 3.18.